The van der Waals surface area contributed by atoms with Gasteiger partial charge in [0.05, 0.1) is 10.6 Å². The van der Waals surface area contributed by atoms with Crippen molar-refractivity contribution in [2.75, 3.05) is 4.90 Å². The number of thioether (sulfide) groups is 1. The van der Waals surface area contributed by atoms with Gasteiger partial charge in [0.2, 0.25) is 0 Å². The lowest BCUT2D eigenvalue weighted by atomic mass is 10.1. The van der Waals surface area contributed by atoms with Crippen LogP contribution in [0.3, 0.4) is 0 Å². The molecule has 0 bridgehead atoms. The fourth-order valence-corrected chi connectivity index (χ4v) is 3.80. The Balaban J connectivity index is 1.98. The van der Waals surface area contributed by atoms with E-state index in [4.69, 9.17) is 12.2 Å². The summed E-state index contributed by atoms with van der Waals surface area (Å²) in [5, 5.41) is 19.2. The average molecular weight is 357 g/mol. The maximum atomic E-state index is 12.8. The van der Waals surface area contributed by atoms with Gasteiger partial charge in [-0.25, -0.2) is 0 Å². The number of benzene rings is 2. The van der Waals surface area contributed by atoms with Crippen LogP contribution in [0.25, 0.3) is 6.08 Å². The van der Waals surface area contributed by atoms with Crippen LogP contribution in [0.4, 0.5) is 5.69 Å². The number of phenols is 2. The SMILES string of the molecule is Cc1ccc(N2C(=O)/C(=C/c3ccc(O)cc3O)SC2=S)c(C)c1. The molecule has 0 saturated carbocycles. The van der Waals surface area contributed by atoms with E-state index in [9.17, 15) is 15.0 Å². The first kappa shape index (κ1) is 16.5. The zero-order valence-corrected chi connectivity index (χ0v) is 14.7. The number of aromatic hydroxyl groups is 2. The van der Waals surface area contributed by atoms with E-state index in [1.165, 1.54) is 28.8 Å². The quantitative estimate of drug-likeness (QED) is 0.625. The summed E-state index contributed by atoms with van der Waals surface area (Å²) in [6, 6.07) is 10.1. The molecule has 1 fully saturated rings. The van der Waals surface area contributed by atoms with Crippen molar-refractivity contribution in [3.05, 3.63) is 58.0 Å². The molecule has 1 saturated heterocycles. The number of hydrogen-bond acceptors (Lipinski definition) is 5. The van der Waals surface area contributed by atoms with Crippen molar-refractivity contribution in [1.29, 1.82) is 0 Å². The van der Waals surface area contributed by atoms with Crippen LogP contribution < -0.4 is 4.90 Å². The maximum Gasteiger partial charge on any atom is 0.270 e. The second kappa shape index (κ2) is 6.30. The van der Waals surface area contributed by atoms with E-state index in [0.717, 1.165) is 16.8 Å². The predicted octanol–water partition coefficient (Wildman–Crippen LogP) is 4.12. The van der Waals surface area contributed by atoms with E-state index in [2.05, 4.69) is 0 Å². The number of aryl methyl sites for hydroxylation is 2. The van der Waals surface area contributed by atoms with Gasteiger partial charge in [-0.1, -0.05) is 41.7 Å². The summed E-state index contributed by atoms with van der Waals surface area (Å²) in [4.78, 5) is 14.7. The Hall–Kier alpha value is -2.31. The Labute approximate surface area is 149 Å². The molecule has 6 heteroatoms. The van der Waals surface area contributed by atoms with Crippen molar-refractivity contribution in [3.8, 4) is 11.5 Å². The zero-order valence-electron chi connectivity index (χ0n) is 13.1. The molecule has 0 aromatic heterocycles. The molecule has 24 heavy (non-hydrogen) atoms. The first-order valence-corrected chi connectivity index (χ1v) is 8.46. The Morgan fingerprint density at radius 1 is 1.12 bits per heavy atom. The fraction of sp³-hybridized carbons (Fsp3) is 0.111. The van der Waals surface area contributed by atoms with E-state index in [1.807, 2.05) is 32.0 Å². The van der Waals surface area contributed by atoms with Crippen LogP contribution in [-0.2, 0) is 4.79 Å². The first-order chi connectivity index (χ1) is 11.4. The second-order valence-electron chi connectivity index (χ2n) is 5.55. The smallest absolute Gasteiger partial charge is 0.270 e. The van der Waals surface area contributed by atoms with Gasteiger partial charge in [-0.2, -0.15) is 0 Å². The first-order valence-electron chi connectivity index (χ1n) is 7.24. The molecule has 0 unspecified atom stereocenters. The van der Waals surface area contributed by atoms with Crippen LogP contribution in [0.2, 0.25) is 0 Å². The van der Waals surface area contributed by atoms with Gasteiger partial charge >= 0.3 is 0 Å². The van der Waals surface area contributed by atoms with Gasteiger partial charge in [0.1, 0.15) is 11.5 Å². The highest BCUT2D eigenvalue weighted by atomic mass is 32.2. The molecule has 1 heterocycles. The van der Waals surface area contributed by atoms with Gasteiger partial charge < -0.3 is 10.2 Å². The minimum Gasteiger partial charge on any atom is -0.508 e. The van der Waals surface area contributed by atoms with Gasteiger partial charge in [-0.05, 0) is 43.7 Å². The van der Waals surface area contributed by atoms with Crippen molar-refractivity contribution in [2.24, 2.45) is 0 Å². The number of phenolic OH excluding ortho intramolecular Hbond substituents is 2. The fourth-order valence-electron chi connectivity index (χ4n) is 2.53. The summed E-state index contributed by atoms with van der Waals surface area (Å²) in [6.07, 6.45) is 1.58. The Morgan fingerprint density at radius 2 is 1.88 bits per heavy atom. The maximum absolute atomic E-state index is 12.8. The summed E-state index contributed by atoms with van der Waals surface area (Å²) < 4.78 is 0.455. The molecule has 2 N–H and O–H groups in total. The van der Waals surface area contributed by atoms with E-state index >= 15 is 0 Å². The van der Waals surface area contributed by atoms with Crippen LogP contribution in [0, 0.1) is 13.8 Å². The highest BCUT2D eigenvalue weighted by Crippen LogP contribution is 2.38. The number of thiocarbonyl (C=S) groups is 1. The molecule has 1 amide bonds. The van der Waals surface area contributed by atoms with Crippen molar-refractivity contribution < 1.29 is 15.0 Å². The largest absolute Gasteiger partial charge is 0.508 e. The lowest BCUT2D eigenvalue weighted by Crippen LogP contribution is -2.28. The third-order valence-corrected chi connectivity index (χ3v) is 4.99. The number of rotatable bonds is 2. The standard InChI is InChI=1S/C18H15NO3S2/c1-10-3-6-14(11(2)7-10)19-17(22)16(24-18(19)23)8-12-4-5-13(20)9-15(12)21/h3-9,20-21H,1-2H3/b16-8-. The average Bonchev–Trinajstić information content (AvgIpc) is 2.77. The lowest BCUT2D eigenvalue weighted by molar-refractivity contribution is -0.113. The van der Waals surface area contributed by atoms with Crippen molar-refractivity contribution >= 4 is 46.0 Å². The molecule has 4 nitrogen and oxygen atoms in total. The summed E-state index contributed by atoms with van der Waals surface area (Å²) in [6.45, 7) is 3.94. The summed E-state index contributed by atoms with van der Waals surface area (Å²) in [5.41, 5.74) is 3.31. The molecule has 2 aromatic carbocycles. The van der Waals surface area contributed by atoms with Crippen LogP contribution in [0.1, 0.15) is 16.7 Å². The van der Waals surface area contributed by atoms with Crippen LogP contribution >= 0.6 is 24.0 Å². The monoisotopic (exact) mass is 357 g/mol. The number of carbonyl (C=O) groups excluding carboxylic acids is 1. The number of amides is 1. The summed E-state index contributed by atoms with van der Waals surface area (Å²) >= 11 is 6.56. The summed E-state index contributed by atoms with van der Waals surface area (Å²) in [7, 11) is 0. The van der Waals surface area contributed by atoms with Gasteiger partial charge in [-0.15, -0.1) is 0 Å². The van der Waals surface area contributed by atoms with E-state index in [1.54, 1.807) is 12.1 Å². The number of hydrogen-bond donors (Lipinski definition) is 2. The van der Waals surface area contributed by atoms with Crippen molar-refractivity contribution in [2.45, 2.75) is 13.8 Å². The van der Waals surface area contributed by atoms with E-state index < -0.39 is 0 Å². The predicted molar refractivity (Wildman–Crippen MR) is 101 cm³/mol. The second-order valence-corrected chi connectivity index (χ2v) is 7.23. The molecule has 2 aromatic rings. The zero-order chi connectivity index (χ0) is 17.4. The van der Waals surface area contributed by atoms with Crippen molar-refractivity contribution in [1.82, 2.24) is 0 Å². The number of carbonyl (C=O) groups is 1. The number of nitrogens with zero attached hydrogens (tertiary/aromatic N) is 1. The summed E-state index contributed by atoms with van der Waals surface area (Å²) in [5.74, 6) is -0.344. The normalized spacial score (nSPS) is 16.2. The van der Waals surface area contributed by atoms with Crippen molar-refractivity contribution in [3.63, 3.8) is 0 Å². The molecule has 0 aliphatic carbocycles. The van der Waals surface area contributed by atoms with Gasteiger partial charge in [0, 0.05) is 11.6 Å². The van der Waals surface area contributed by atoms with Gasteiger partial charge in [0.25, 0.3) is 5.91 Å². The van der Waals surface area contributed by atoms with Gasteiger partial charge in [-0.3, -0.25) is 9.69 Å². The minimum atomic E-state index is -0.218. The molecule has 1 aliphatic rings. The van der Waals surface area contributed by atoms with Crippen LogP contribution in [0.15, 0.2) is 41.3 Å². The van der Waals surface area contributed by atoms with Crippen LogP contribution in [-0.4, -0.2) is 20.4 Å². The molecular weight excluding hydrogens is 342 g/mol. The third-order valence-electron chi connectivity index (χ3n) is 3.69. The minimum absolute atomic E-state index is 0.0347. The molecule has 3 rings (SSSR count). The highest BCUT2D eigenvalue weighted by molar-refractivity contribution is 8.27. The van der Waals surface area contributed by atoms with Gasteiger partial charge in [0.15, 0.2) is 4.32 Å². The Bertz CT molecular complexity index is 890. The topological polar surface area (TPSA) is 60.8 Å². The number of anilines is 1. The molecule has 122 valence electrons. The van der Waals surface area contributed by atoms with E-state index in [0.29, 0.717) is 14.8 Å². The Kier molecular flexibility index (Phi) is 4.34. The molecule has 0 radical (unpaired) electrons. The van der Waals surface area contributed by atoms with Crippen LogP contribution in [0.5, 0.6) is 11.5 Å². The highest BCUT2D eigenvalue weighted by Gasteiger charge is 2.34. The Morgan fingerprint density at radius 3 is 2.54 bits per heavy atom. The molecule has 0 atom stereocenters. The third kappa shape index (κ3) is 3.02. The molecule has 0 spiro atoms. The molecule has 1 aliphatic heterocycles. The van der Waals surface area contributed by atoms with E-state index in [-0.39, 0.29) is 17.4 Å². The molecular formula is C18H15NO3S2. The lowest BCUT2D eigenvalue weighted by Gasteiger charge is -2.17.